The quantitative estimate of drug-likeness (QED) is 0.474. The minimum Gasteiger partial charge on any atom is -0.493 e. The van der Waals surface area contributed by atoms with E-state index in [4.69, 9.17) is 9.47 Å². The van der Waals surface area contributed by atoms with Gasteiger partial charge in [0.1, 0.15) is 0 Å². The van der Waals surface area contributed by atoms with Crippen molar-refractivity contribution in [1.29, 1.82) is 0 Å². The van der Waals surface area contributed by atoms with E-state index in [2.05, 4.69) is 51.2 Å². The summed E-state index contributed by atoms with van der Waals surface area (Å²) in [6, 6.07) is 16.7. The van der Waals surface area contributed by atoms with Crippen LogP contribution in [0, 0.1) is 0 Å². The van der Waals surface area contributed by atoms with Crippen LogP contribution in [0.4, 0.5) is 5.69 Å². The molecule has 0 N–H and O–H groups in total. The molecular weight excluding hydrogens is 452 g/mol. The third kappa shape index (κ3) is 5.50. The smallest absolute Gasteiger partial charge is 0.228 e. The highest BCUT2D eigenvalue weighted by atomic mass is 16.5. The molecule has 1 atom stereocenters. The molecule has 1 aliphatic carbocycles. The van der Waals surface area contributed by atoms with Crippen LogP contribution in [0.2, 0.25) is 0 Å². The van der Waals surface area contributed by atoms with Gasteiger partial charge < -0.3 is 23.8 Å². The van der Waals surface area contributed by atoms with Gasteiger partial charge in [-0.3, -0.25) is 4.79 Å². The Bertz CT molecular complexity index is 1160. The molecule has 0 spiro atoms. The Morgan fingerprint density at radius 1 is 1.06 bits per heavy atom. The summed E-state index contributed by atoms with van der Waals surface area (Å²) in [5.74, 6) is 1.74. The van der Waals surface area contributed by atoms with Gasteiger partial charge in [-0.2, -0.15) is 0 Å². The van der Waals surface area contributed by atoms with E-state index in [0.29, 0.717) is 13.0 Å². The van der Waals surface area contributed by atoms with Gasteiger partial charge in [-0.1, -0.05) is 30.3 Å². The number of benzene rings is 2. The number of hydrogen-bond donors (Lipinski definition) is 0. The van der Waals surface area contributed by atoms with Crippen molar-refractivity contribution in [2.24, 2.45) is 7.05 Å². The van der Waals surface area contributed by atoms with Crippen molar-refractivity contribution in [2.75, 3.05) is 31.6 Å². The zero-order valence-corrected chi connectivity index (χ0v) is 21.3. The highest BCUT2D eigenvalue weighted by molar-refractivity contribution is 5.79. The van der Waals surface area contributed by atoms with Gasteiger partial charge in [-0.15, -0.1) is 0 Å². The number of anilines is 1. The summed E-state index contributed by atoms with van der Waals surface area (Å²) < 4.78 is 13.9. The maximum atomic E-state index is 13.4. The Balaban J connectivity index is 1.36. The van der Waals surface area contributed by atoms with E-state index >= 15 is 0 Å². The van der Waals surface area contributed by atoms with Crippen LogP contribution in [0.25, 0.3) is 0 Å². The number of aromatic nitrogens is 2. The number of piperazine rings is 1. The largest absolute Gasteiger partial charge is 0.493 e. The zero-order chi connectivity index (χ0) is 24.9. The van der Waals surface area contributed by atoms with Crippen molar-refractivity contribution < 1.29 is 14.3 Å². The van der Waals surface area contributed by atoms with E-state index < -0.39 is 0 Å². The van der Waals surface area contributed by atoms with E-state index in [0.717, 1.165) is 55.2 Å². The number of hydrogen-bond acceptors (Lipinski definition) is 5. The molecule has 3 aromatic rings. The highest BCUT2D eigenvalue weighted by Crippen LogP contribution is 2.36. The van der Waals surface area contributed by atoms with Gasteiger partial charge in [0, 0.05) is 50.3 Å². The fourth-order valence-electron chi connectivity index (χ4n) is 5.43. The second kappa shape index (κ2) is 11.1. The lowest BCUT2D eigenvalue weighted by molar-refractivity contribution is -0.133. The lowest BCUT2D eigenvalue weighted by Gasteiger charge is -2.43. The van der Waals surface area contributed by atoms with Gasteiger partial charge in [0.25, 0.3) is 0 Å². The van der Waals surface area contributed by atoms with Crippen LogP contribution < -0.4 is 14.4 Å². The number of nitrogens with zero attached hydrogens (tertiary/aromatic N) is 4. The molecule has 1 aliphatic heterocycles. The Labute approximate surface area is 213 Å². The first-order valence-corrected chi connectivity index (χ1v) is 13.0. The second-order valence-electron chi connectivity index (χ2n) is 9.91. The van der Waals surface area contributed by atoms with Crippen molar-refractivity contribution in [3.63, 3.8) is 0 Å². The van der Waals surface area contributed by atoms with E-state index in [-0.39, 0.29) is 18.1 Å². The maximum absolute atomic E-state index is 13.4. The Morgan fingerprint density at radius 3 is 2.58 bits per heavy atom. The Kier molecular flexibility index (Phi) is 7.44. The van der Waals surface area contributed by atoms with Crippen molar-refractivity contribution in [2.45, 2.75) is 50.7 Å². The molecule has 0 unspecified atom stereocenters. The Hall–Kier alpha value is -3.48. The fourth-order valence-corrected chi connectivity index (χ4v) is 5.43. The minimum atomic E-state index is 0.0724. The monoisotopic (exact) mass is 488 g/mol. The zero-order valence-electron chi connectivity index (χ0n) is 21.3. The molecular formula is C29H36N4O3. The molecule has 0 bridgehead atoms. The average molecular weight is 489 g/mol. The lowest BCUT2D eigenvalue weighted by Crippen LogP contribution is -2.56. The summed E-state index contributed by atoms with van der Waals surface area (Å²) in [6.07, 6.45) is 9.63. The predicted molar refractivity (Wildman–Crippen MR) is 141 cm³/mol. The van der Waals surface area contributed by atoms with Gasteiger partial charge in [0.15, 0.2) is 11.5 Å². The normalized spacial score (nSPS) is 18.4. The number of carbonyl (C=O) groups is 1. The van der Waals surface area contributed by atoms with Gasteiger partial charge >= 0.3 is 0 Å². The van der Waals surface area contributed by atoms with E-state index in [1.807, 2.05) is 23.7 Å². The van der Waals surface area contributed by atoms with Gasteiger partial charge in [0.2, 0.25) is 5.91 Å². The summed E-state index contributed by atoms with van der Waals surface area (Å²) in [5, 5.41) is 0. The molecule has 190 valence electrons. The molecule has 2 aromatic carbocycles. The predicted octanol–water partition coefficient (Wildman–Crippen LogP) is 4.25. The molecule has 1 amide bonds. The van der Waals surface area contributed by atoms with Crippen LogP contribution in [0.5, 0.6) is 11.5 Å². The molecule has 36 heavy (non-hydrogen) atoms. The van der Waals surface area contributed by atoms with E-state index in [9.17, 15) is 4.79 Å². The molecule has 2 heterocycles. The van der Waals surface area contributed by atoms with Crippen LogP contribution in [-0.4, -0.2) is 59.2 Å². The highest BCUT2D eigenvalue weighted by Gasteiger charge is 2.31. The van der Waals surface area contributed by atoms with Crippen LogP contribution in [0.15, 0.2) is 61.1 Å². The number of imidazole rings is 1. The van der Waals surface area contributed by atoms with Gasteiger partial charge in [-0.05, 0) is 49.8 Å². The number of rotatable bonds is 8. The molecule has 7 heteroatoms. The van der Waals surface area contributed by atoms with Crippen molar-refractivity contribution in [3.05, 3.63) is 72.3 Å². The van der Waals surface area contributed by atoms with Gasteiger partial charge in [-0.25, -0.2) is 4.98 Å². The van der Waals surface area contributed by atoms with Crippen molar-refractivity contribution in [1.82, 2.24) is 14.5 Å². The Morgan fingerprint density at radius 2 is 1.86 bits per heavy atom. The molecule has 0 radical (unpaired) electrons. The van der Waals surface area contributed by atoms with Crippen LogP contribution in [0.3, 0.4) is 0 Å². The first kappa shape index (κ1) is 24.2. The number of ether oxygens (including phenoxy) is 2. The molecule has 7 nitrogen and oxygen atoms in total. The third-order valence-electron chi connectivity index (χ3n) is 7.47. The standard InChI is InChI=1S/C29H36N4O3/c1-31-21-30-19-24(31)18-29(34)33-15-14-32(20-25(33)16-22-8-4-3-5-9-22)23-12-13-27(35-2)28(17-23)36-26-10-6-7-11-26/h3-5,8-9,12-13,17,19,21,25-26H,6-7,10-11,14-16,18,20H2,1-2H3/t25-/m0/s1. The van der Waals surface area contributed by atoms with Crippen LogP contribution in [0.1, 0.15) is 36.9 Å². The average Bonchev–Trinajstić information content (AvgIpc) is 3.56. The molecule has 1 saturated carbocycles. The topological polar surface area (TPSA) is 59.8 Å². The van der Waals surface area contributed by atoms with Crippen molar-refractivity contribution in [3.8, 4) is 11.5 Å². The number of methoxy groups -OCH3 is 1. The first-order valence-electron chi connectivity index (χ1n) is 13.0. The minimum absolute atomic E-state index is 0.0724. The summed E-state index contributed by atoms with van der Waals surface area (Å²) in [6.45, 7) is 2.22. The number of carbonyl (C=O) groups excluding carboxylic acids is 1. The lowest BCUT2D eigenvalue weighted by atomic mass is 10.0. The van der Waals surface area contributed by atoms with Gasteiger partial charge in [0.05, 0.1) is 32.0 Å². The molecule has 1 aromatic heterocycles. The first-order chi connectivity index (χ1) is 17.6. The van der Waals surface area contributed by atoms with Crippen LogP contribution in [-0.2, 0) is 24.7 Å². The third-order valence-corrected chi connectivity index (χ3v) is 7.47. The summed E-state index contributed by atoms with van der Waals surface area (Å²) >= 11 is 0. The van der Waals surface area contributed by atoms with Crippen molar-refractivity contribution >= 4 is 11.6 Å². The molecule has 5 rings (SSSR count). The maximum Gasteiger partial charge on any atom is 0.228 e. The van der Waals surface area contributed by atoms with E-state index in [1.165, 1.54) is 18.4 Å². The van der Waals surface area contributed by atoms with Crippen LogP contribution >= 0.6 is 0 Å². The number of amides is 1. The SMILES string of the molecule is COc1ccc(N2CCN(C(=O)Cc3cncn3C)[C@@H](Cc3ccccc3)C2)cc1OC1CCCC1. The second-order valence-corrected chi connectivity index (χ2v) is 9.91. The summed E-state index contributed by atoms with van der Waals surface area (Å²) in [7, 11) is 3.63. The number of aryl methyl sites for hydroxylation is 1. The summed E-state index contributed by atoms with van der Waals surface area (Å²) in [4.78, 5) is 22.0. The molecule has 2 fully saturated rings. The van der Waals surface area contributed by atoms with E-state index in [1.54, 1.807) is 19.6 Å². The molecule has 1 saturated heterocycles. The summed E-state index contributed by atoms with van der Waals surface area (Å²) in [5.41, 5.74) is 3.29. The fraction of sp³-hybridized carbons (Fsp3) is 0.448. The molecule has 2 aliphatic rings.